The highest BCUT2D eigenvalue weighted by molar-refractivity contribution is 5.79. The van der Waals surface area contributed by atoms with E-state index in [1.54, 1.807) is 0 Å². The molecule has 0 saturated carbocycles. The minimum Gasteiger partial charge on any atom is -0.469 e. The second-order valence-corrected chi connectivity index (χ2v) is 3.46. The van der Waals surface area contributed by atoms with E-state index in [0.717, 1.165) is 11.1 Å². The number of hydrogen-bond acceptors (Lipinski definition) is 3. The van der Waals surface area contributed by atoms with E-state index in [1.807, 2.05) is 24.3 Å². The van der Waals surface area contributed by atoms with Gasteiger partial charge in [-0.1, -0.05) is 24.3 Å². The zero-order chi connectivity index (χ0) is 10.1. The third kappa shape index (κ3) is 1.30. The van der Waals surface area contributed by atoms with Crippen LogP contribution in [0.15, 0.2) is 24.3 Å². The maximum atomic E-state index is 11.4. The standard InChI is InChI=1S/C11H12O3/c1-14-11(13)9-6-10(12)8-5-3-2-4-7(8)9/h2-5,9-10,12H,6H2,1H3. The van der Waals surface area contributed by atoms with Gasteiger partial charge in [-0.05, 0) is 17.5 Å². The summed E-state index contributed by atoms with van der Waals surface area (Å²) in [6.07, 6.45) is -0.0956. The van der Waals surface area contributed by atoms with E-state index in [-0.39, 0.29) is 11.9 Å². The quantitative estimate of drug-likeness (QED) is 0.684. The molecule has 0 radical (unpaired) electrons. The molecule has 0 bridgehead atoms. The van der Waals surface area contributed by atoms with Crippen molar-refractivity contribution in [3.8, 4) is 0 Å². The van der Waals surface area contributed by atoms with Crippen molar-refractivity contribution in [2.75, 3.05) is 7.11 Å². The Morgan fingerprint density at radius 1 is 1.43 bits per heavy atom. The number of methoxy groups -OCH3 is 1. The Morgan fingerprint density at radius 2 is 2.07 bits per heavy atom. The summed E-state index contributed by atoms with van der Waals surface area (Å²) in [4.78, 5) is 11.4. The van der Waals surface area contributed by atoms with Crippen LogP contribution in [0.25, 0.3) is 0 Å². The monoisotopic (exact) mass is 192 g/mol. The summed E-state index contributed by atoms with van der Waals surface area (Å²) in [7, 11) is 1.37. The van der Waals surface area contributed by atoms with Gasteiger partial charge in [0.2, 0.25) is 0 Å². The van der Waals surface area contributed by atoms with E-state index >= 15 is 0 Å². The van der Waals surface area contributed by atoms with Crippen LogP contribution >= 0.6 is 0 Å². The van der Waals surface area contributed by atoms with Crippen molar-refractivity contribution in [3.63, 3.8) is 0 Å². The molecular weight excluding hydrogens is 180 g/mol. The summed E-state index contributed by atoms with van der Waals surface area (Å²) in [6, 6.07) is 7.45. The molecule has 0 aromatic heterocycles. The number of esters is 1. The van der Waals surface area contributed by atoms with Gasteiger partial charge in [0.1, 0.15) is 0 Å². The van der Waals surface area contributed by atoms with E-state index in [0.29, 0.717) is 6.42 Å². The van der Waals surface area contributed by atoms with Gasteiger partial charge in [-0.3, -0.25) is 4.79 Å². The molecule has 2 atom stereocenters. The average molecular weight is 192 g/mol. The van der Waals surface area contributed by atoms with Crippen LogP contribution in [-0.2, 0) is 9.53 Å². The Bertz CT molecular complexity index is 359. The second kappa shape index (κ2) is 3.42. The lowest BCUT2D eigenvalue weighted by Gasteiger charge is -2.07. The van der Waals surface area contributed by atoms with Crippen LogP contribution in [0.4, 0.5) is 0 Å². The lowest BCUT2D eigenvalue weighted by atomic mass is 10.0. The van der Waals surface area contributed by atoms with Crippen molar-refractivity contribution in [3.05, 3.63) is 35.4 Å². The first-order chi connectivity index (χ1) is 6.74. The Kier molecular flexibility index (Phi) is 2.25. The fraction of sp³-hybridized carbons (Fsp3) is 0.364. The fourth-order valence-corrected chi connectivity index (χ4v) is 1.97. The minimum atomic E-state index is -0.532. The van der Waals surface area contributed by atoms with Crippen LogP contribution in [0.5, 0.6) is 0 Å². The molecule has 0 amide bonds. The molecule has 1 aliphatic carbocycles. The molecular formula is C11H12O3. The number of carbonyl (C=O) groups excluding carboxylic acids is 1. The smallest absolute Gasteiger partial charge is 0.313 e. The van der Waals surface area contributed by atoms with Crippen molar-refractivity contribution in [2.24, 2.45) is 0 Å². The average Bonchev–Trinajstić information content (AvgIpc) is 2.56. The number of carbonyl (C=O) groups is 1. The molecule has 2 unspecified atom stereocenters. The fourth-order valence-electron chi connectivity index (χ4n) is 1.97. The SMILES string of the molecule is COC(=O)C1CC(O)c2ccccc21. The van der Waals surface area contributed by atoms with Gasteiger partial charge in [-0.15, -0.1) is 0 Å². The molecule has 0 spiro atoms. The first-order valence-corrected chi connectivity index (χ1v) is 4.58. The van der Waals surface area contributed by atoms with Crippen LogP contribution in [0.2, 0.25) is 0 Å². The number of aliphatic hydroxyl groups is 1. The first-order valence-electron chi connectivity index (χ1n) is 4.58. The molecule has 14 heavy (non-hydrogen) atoms. The Balaban J connectivity index is 2.39. The van der Waals surface area contributed by atoms with E-state index in [9.17, 15) is 9.90 Å². The second-order valence-electron chi connectivity index (χ2n) is 3.46. The summed E-state index contributed by atoms with van der Waals surface area (Å²) in [5.41, 5.74) is 1.75. The number of hydrogen-bond donors (Lipinski definition) is 1. The van der Waals surface area contributed by atoms with Crippen molar-refractivity contribution in [2.45, 2.75) is 18.4 Å². The van der Waals surface area contributed by atoms with E-state index in [4.69, 9.17) is 0 Å². The predicted molar refractivity (Wildman–Crippen MR) is 50.8 cm³/mol. The Hall–Kier alpha value is -1.35. The van der Waals surface area contributed by atoms with E-state index in [1.165, 1.54) is 7.11 Å². The van der Waals surface area contributed by atoms with Crippen molar-refractivity contribution in [1.29, 1.82) is 0 Å². The Morgan fingerprint density at radius 3 is 2.71 bits per heavy atom. The third-order valence-corrected chi connectivity index (χ3v) is 2.68. The van der Waals surface area contributed by atoms with Gasteiger partial charge in [-0.25, -0.2) is 0 Å². The highest BCUT2D eigenvalue weighted by Crippen LogP contribution is 2.40. The van der Waals surface area contributed by atoms with Gasteiger partial charge < -0.3 is 9.84 Å². The zero-order valence-electron chi connectivity index (χ0n) is 7.93. The van der Waals surface area contributed by atoms with Gasteiger partial charge in [0.05, 0.1) is 19.1 Å². The maximum Gasteiger partial charge on any atom is 0.313 e. The normalized spacial score (nSPS) is 24.4. The summed E-state index contributed by atoms with van der Waals surface area (Å²) in [5.74, 6) is -0.569. The van der Waals surface area contributed by atoms with E-state index in [2.05, 4.69) is 4.74 Å². The third-order valence-electron chi connectivity index (χ3n) is 2.68. The van der Waals surface area contributed by atoms with Crippen LogP contribution in [0.1, 0.15) is 29.6 Å². The number of benzene rings is 1. The number of aliphatic hydroxyl groups excluding tert-OH is 1. The minimum absolute atomic E-state index is 0.269. The number of fused-ring (bicyclic) bond motifs is 1. The highest BCUT2D eigenvalue weighted by Gasteiger charge is 2.34. The van der Waals surface area contributed by atoms with Gasteiger partial charge in [0.25, 0.3) is 0 Å². The molecule has 0 fully saturated rings. The molecule has 1 aliphatic rings. The van der Waals surface area contributed by atoms with Crippen LogP contribution in [-0.4, -0.2) is 18.2 Å². The predicted octanol–water partition coefficient (Wildman–Crippen LogP) is 1.38. The highest BCUT2D eigenvalue weighted by atomic mass is 16.5. The van der Waals surface area contributed by atoms with Crippen LogP contribution in [0, 0.1) is 0 Å². The molecule has 1 aromatic carbocycles. The lowest BCUT2D eigenvalue weighted by Crippen LogP contribution is -2.11. The van der Waals surface area contributed by atoms with E-state index < -0.39 is 6.10 Å². The van der Waals surface area contributed by atoms with Gasteiger partial charge >= 0.3 is 5.97 Å². The van der Waals surface area contributed by atoms with Gasteiger partial charge in [0, 0.05) is 0 Å². The summed E-state index contributed by atoms with van der Waals surface area (Å²) in [6.45, 7) is 0. The molecule has 1 aromatic rings. The molecule has 0 heterocycles. The van der Waals surface area contributed by atoms with Crippen molar-refractivity contribution >= 4 is 5.97 Å². The summed E-state index contributed by atoms with van der Waals surface area (Å²) >= 11 is 0. The van der Waals surface area contributed by atoms with Crippen LogP contribution < -0.4 is 0 Å². The molecule has 1 N–H and O–H groups in total. The molecule has 3 heteroatoms. The van der Waals surface area contributed by atoms with Crippen molar-refractivity contribution < 1.29 is 14.6 Å². The largest absolute Gasteiger partial charge is 0.469 e. The van der Waals surface area contributed by atoms with Crippen molar-refractivity contribution in [1.82, 2.24) is 0 Å². The number of rotatable bonds is 1. The lowest BCUT2D eigenvalue weighted by molar-refractivity contribution is -0.142. The first kappa shape index (κ1) is 9.21. The zero-order valence-corrected chi connectivity index (χ0v) is 7.93. The molecule has 0 saturated heterocycles. The molecule has 3 nitrogen and oxygen atoms in total. The number of ether oxygens (including phenoxy) is 1. The van der Waals surface area contributed by atoms with Gasteiger partial charge in [-0.2, -0.15) is 0 Å². The molecule has 2 rings (SSSR count). The molecule has 0 aliphatic heterocycles. The topological polar surface area (TPSA) is 46.5 Å². The maximum absolute atomic E-state index is 11.4. The summed E-state index contributed by atoms with van der Waals surface area (Å²) in [5, 5.41) is 9.69. The van der Waals surface area contributed by atoms with Gasteiger partial charge in [0.15, 0.2) is 0 Å². The van der Waals surface area contributed by atoms with Crippen LogP contribution in [0.3, 0.4) is 0 Å². The Labute approximate surface area is 82.3 Å². The summed E-state index contributed by atoms with van der Waals surface area (Å²) < 4.78 is 4.69. The molecule has 74 valence electrons.